The number of hydrogen-bond acceptors (Lipinski definition) is 3. The fourth-order valence-corrected chi connectivity index (χ4v) is 2.44. The monoisotopic (exact) mass is 278 g/mol. The molecule has 0 heterocycles. The van der Waals surface area contributed by atoms with E-state index in [4.69, 9.17) is 10.5 Å². The van der Waals surface area contributed by atoms with Crippen molar-refractivity contribution in [2.24, 2.45) is 5.73 Å². The van der Waals surface area contributed by atoms with E-state index in [1.54, 1.807) is 0 Å². The van der Waals surface area contributed by atoms with Gasteiger partial charge in [-0.2, -0.15) is 0 Å². The summed E-state index contributed by atoms with van der Waals surface area (Å²) in [5, 5.41) is 2.85. The third kappa shape index (κ3) is 4.53. The number of hydrogen-bond donors (Lipinski definition) is 2. The van der Waals surface area contributed by atoms with Gasteiger partial charge in [0.2, 0.25) is 0 Å². The molecule has 0 spiro atoms. The van der Waals surface area contributed by atoms with Crippen molar-refractivity contribution in [1.29, 1.82) is 0 Å². The van der Waals surface area contributed by atoms with Crippen LogP contribution in [0.5, 0.6) is 0 Å². The molecule has 0 aromatic heterocycles. The summed E-state index contributed by atoms with van der Waals surface area (Å²) in [6.45, 7) is 12.0. The first kappa shape index (κ1) is 16.5. The fraction of sp³-hybridized carbons (Fsp3) is 0.562. The van der Waals surface area contributed by atoms with Crippen LogP contribution < -0.4 is 11.1 Å². The predicted octanol–water partition coefficient (Wildman–Crippen LogP) is 3.14. The van der Waals surface area contributed by atoms with Gasteiger partial charge in [0.15, 0.2) is 0 Å². The highest BCUT2D eigenvalue weighted by Gasteiger charge is 2.21. The Bertz CT molecular complexity index is 467. The molecule has 3 N–H and O–H groups in total. The van der Waals surface area contributed by atoms with Gasteiger partial charge in [-0.15, -0.1) is 0 Å². The molecule has 112 valence electrons. The SMILES string of the molecule is Cc1cc(C)c(C(CN)NC(=O)OC(C)(C)C)c(C)c1. The number of carbonyl (C=O) groups excluding carboxylic acids is 1. The number of ether oxygens (including phenoxy) is 1. The zero-order valence-corrected chi connectivity index (χ0v) is 13.3. The van der Waals surface area contributed by atoms with Crippen LogP contribution in [-0.4, -0.2) is 18.2 Å². The van der Waals surface area contributed by atoms with Crippen molar-refractivity contribution in [3.8, 4) is 0 Å². The van der Waals surface area contributed by atoms with E-state index < -0.39 is 11.7 Å². The van der Waals surface area contributed by atoms with Crippen LogP contribution >= 0.6 is 0 Å². The number of rotatable bonds is 3. The molecule has 1 rings (SSSR count). The van der Waals surface area contributed by atoms with Crippen molar-refractivity contribution in [3.05, 3.63) is 34.4 Å². The molecule has 1 aromatic carbocycles. The van der Waals surface area contributed by atoms with Gasteiger partial charge in [0.05, 0.1) is 6.04 Å². The molecule has 0 fully saturated rings. The topological polar surface area (TPSA) is 64.3 Å². The lowest BCUT2D eigenvalue weighted by atomic mass is 9.94. The summed E-state index contributed by atoms with van der Waals surface area (Å²) in [6.07, 6.45) is -0.438. The summed E-state index contributed by atoms with van der Waals surface area (Å²) in [6, 6.07) is 3.97. The molecule has 0 saturated heterocycles. The van der Waals surface area contributed by atoms with E-state index in [-0.39, 0.29) is 6.04 Å². The van der Waals surface area contributed by atoms with E-state index >= 15 is 0 Å². The van der Waals surface area contributed by atoms with Gasteiger partial charge in [-0.1, -0.05) is 17.7 Å². The molecule has 4 heteroatoms. The van der Waals surface area contributed by atoms with Gasteiger partial charge >= 0.3 is 6.09 Å². The summed E-state index contributed by atoms with van der Waals surface area (Å²) in [7, 11) is 0. The van der Waals surface area contributed by atoms with Gasteiger partial charge in [0, 0.05) is 6.54 Å². The Kier molecular flexibility index (Phi) is 5.17. The van der Waals surface area contributed by atoms with Crippen molar-refractivity contribution in [1.82, 2.24) is 5.32 Å². The molecule has 0 aliphatic rings. The Hall–Kier alpha value is -1.55. The maximum Gasteiger partial charge on any atom is 0.408 e. The molecular formula is C16H26N2O2. The summed E-state index contributed by atoms with van der Waals surface area (Å²) in [5.74, 6) is 0. The van der Waals surface area contributed by atoms with Gasteiger partial charge in [0.25, 0.3) is 0 Å². The second-order valence-corrected chi connectivity index (χ2v) is 6.25. The highest BCUT2D eigenvalue weighted by atomic mass is 16.6. The lowest BCUT2D eigenvalue weighted by Gasteiger charge is -2.25. The molecule has 0 aliphatic carbocycles. The van der Waals surface area contributed by atoms with Crippen LogP contribution in [0.3, 0.4) is 0 Å². The first-order valence-electron chi connectivity index (χ1n) is 6.91. The predicted molar refractivity (Wildman–Crippen MR) is 81.8 cm³/mol. The number of amides is 1. The highest BCUT2D eigenvalue weighted by Crippen LogP contribution is 2.23. The van der Waals surface area contributed by atoms with Gasteiger partial charge < -0.3 is 15.8 Å². The van der Waals surface area contributed by atoms with Gasteiger partial charge in [-0.05, 0) is 58.2 Å². The fourth-order valence-electron chi connectivity index (χ4n) is 2.44. The first-order chi connectivity index (χ1) is 9.14. The minimum Gasteiger partial charge on any atom is -0.444 e. The van der Waals surface area contributed by atoms with E-state index in [0.29, 0.717) is 6.54 Å². The number of benzene rings is 1. The number of nitrogens with one attached hydrogen (secondary N) is 1. The Morgan fingerprint density at radius 1 is 1.25 bits per heavy atom. The molecule has 20 heavy (non-hydrogen) atoms. The molecule has 0 saturated carbocycles. The largest absolute Gasteiger partial charge is 0.444 e. The van der Waals surface area contributed by atoms with Gasteiger partial charge in [0.1, 0.15) is 5.60 Å². The average Bonchev–Trinajstić information content (AvgIpc) is 2.23. The summed E-state index contributed by atoms with van der Waals surface area (Å²) in [4.78, 5) is 11.9. The third-order valence-electron chi connectivity index (χ3n) is 3.01. The zero-order chi connectivity index (χ0) is 15.5. The third-order valence-corrected chi connectivity index (χ3v) is 3.01. The summed E-state index contributed by atoms with van der Waals surface area (Å²) >= 11 is 0. The van der Waals surface area contributed by atoms with E-state index in [0.717, 1.165) is 16.7 Å². The summed E-state index contributed by atoms with van der Waals surface area (Å²) < 4.78 is 5.29. The maximum absolute atomic E-state index is 11.9. The van der Waals surface area contributed by atoms with Crippen LogP contribution in [0, 0.1) is 20.8 Å². The van der Waals surface area contributed by atoms with Crippen molar-refractivity contribution in [2.75, 3.05) is 6.54 Å². The molecule has 1 atom stereocenters. The molecule has 1 amide bonds. The second-order valence-electron chi connectivity index (χ2n) is 6.25. The minimum atomic E-state index is -0.513. The number of carbonyl (C=O) groups is 1. The minimum absolute atomic E-state index is 0.231. The average molecular weight is 278 g/mol. The lowest BCUT2D eigenvalue weighted by molar-refractivity contribution is 0.0505. The molecule has 0 aliphatic heterocycles. The number of alkyl carbamates (subject to hydrolysis) is 1. The Balaban J connectivity index is 2.95. The molecule has 1 aromatic rings. The maximum atomic E-state index is 11.9. The highest BCUT2D eigenvalue weighted by molar-refractivity contribution is 5.68. The van der Waals surface area contributed by atoms with E-state index in [9.17, 15) is 4.79 Å². The van der Waals surface area contributed by atoms with E-state index in [1.165, 1.54) is 5.56 Å². The van der Waals surface area contributed by atoms with Crippen LogP contribution in [-0.2, 0) is 4.74 Å². The molecule has 1 unspecified atom stereocenters. The molecular weight excluding hydrogens is 252 g/mol. The number of aryl methyl sites for hydroxylation is 3. The lowest BCUT2D eigenvalue weighted by Crippen LogP contribution is -2.38. The first-order valence-corrected chi connectivity index (χ1v) is 6.91. The van der Waals surface area contributed by atoms with Crippen molar-refractivity contribution < 1.29 is 9.53 Å². The molecule has 0 radical (unpaired) electrons. The van der Waals surface area contributed by atoms with Crippen LogP contribution in [0.2, 0.25) is 0 Å². The van der Waals surface area contributed by atoms with Gasteiger partial charge in [-0.25, -0.2) is 4.79 Å². The Morgan fingerprint density at radius 3 is 2.15 bits per heavy atom. The smallest absolute Gasteiger partial charge is 0.408 e. The summed E-state index contributed by atoms with van der Waals surface area (Å²) in [5.41, 5.74) is 9.85. The molecule has 0 bridgehead atoms. The van der Waals surface area contributed by atoms with Crippen LogP contribution in [0.4, 0.5) is 4.79 Å². The van der Waals surface area contributed by atoms with E-state index in [2.05, 4.69) is 24.4 Å². The normalized spacial score (nSPS) is 12.9. The quantitative estimate of drug-likeness (QED) is 0.892. The standard InChI is InChI=1S/C16H26N2O2/c1-10-7-11(2)14(12(3)8-10)13(9-17)18-15(19)20-16(4,5)6/h7-8,13H,9,17H2,1-6H3,(H,18,19). The Morgan fingerprint density at radius 2 is 1.75 bits per heavy atom. The van der Waals surface area contributed by atoms with Crippen LogP contribution in [0.25, 0.3) is 0 Å². The molecule has 4 nitrogen and oxygen atoms in total. The Labute approximate surface area is 121 Å². The van der Waals surface area contributed by atoms with Crippen molar-refractivity contribution >= 4 is 6.09 Å². The van der Waals surface area contributed by atoms with Crippen LogP contribution in [0.15, 0.2) is 12.1 Å². The van der Waals surface area contributed by atoms with Gasteiger partial charge in [-0.3, -0.25) is 0 Å². The van der Waals surface area contributed by atoms with Crippen LogP contribution in [0.1, 0.15) is 49.1 Å². The zero-order valence-electron chi connectivity index (χ0n) is 13.3. The van der Waals surface area contributed by atoms with Crippen molar-refractivity contribution in [3.63, 3.8) is 0 Å². The number of nitrogens with two attached hydrogens (primary N) is 1. The second kappa shape index (κ2) is 6.27. The van der Waals surface area contributed by atoms with Crippen molar-refractivity contribution in [2.45, 2.75) is 53.2 Å². The van der Waals surface area contributed by atoms with E-state index in [1.807, 2.05) is 34.6 Å².